The minimum atomic E-state index is -0.922. The topological polar surface area (TPSA) is 119 Å². The molecular weight excluding hydrogens is 298 g/mol. The number of carbonyl (C=O) groups is 1. The van der Waals surface area contributed by atoms with E-state index in [9.17, 15) is 14.9 Å². The van der Waals surface area contributed by atoms with Gasteiger partial charge in [0.15, 0.2) is 0 Å². The summed E-state index contributed by atoms with van der Waals surface area (Å²) in [5.41, 5.74) is 1.25. The molecule has 1 aromatic heterocycles. The van der Waals surface area contributed by atoms with Crippen LogP contribution in [0.5, 0.6) is 0 Å². The Morgan fingerprint density at radius 1 is 1.52 bits per heavy atom. The summed E-state index contributed by atoms with van der Waals surface area (Å²) in [6, 6.07) is 4.40. The average molecular weight is 309 g/mol. The van der Waals surface area contributed by atoms with E-state index in [2.05, 4.69) is 10.1 Å². The van der Waals surface area contributed by atoms with Crippen LogP contribution in [0, 0.1) is 17.0 Å². The molecule has 0 amide bonds. The normalized spacial score (nSPS) is 10.5. The van der Waals surface area contributed by atoms with Gasteiger partial charge in [0, 0.05) is 17.7 Å². The summed E-state index contributed by atoms with van der Waals surface area (Å²) in [4.78, 5) is 24.8. The monoisotopic (exact) mass is 309 g/mol. The van der Waals surface area contributed by atoms with Gasteiger partial charge in [0.25, 0.3) is 5.69 Å². The van der Waals surface area contributed by atoms with Gasteiger partial charge in [0.1, 0.15) is 0 Å². The number of aliphatic carboxylic acids is 1. The number of hydrogen-bond donors (Lipinski definition) is 1. The predicted molar refractivity (Wildman–Crippen MR) is 74.9 cm³/mol. The van der Waals surface area contributed by atoms with Crippen LogP contribution in [-0.4, -0.2) is 31.9 Å². The van der Waals surface area contributed by atoms with Gasteiger partial charge >= 0.3 is 5.97 Å². The average Bonchev–Trinajstić information content (AvgIpc) is 2.87. The Hall–Kier alpha value is -2.42. The molecular formula is C12H11N3O5S. The van der Waals surface area contributed by atoms with Crippen molar-refractivity contribution in [1.29, 1.82) is 0 Å². The number of benzene rings is 1. The molecule has 2 aromatic rings. The molecule has 0 fully saturated rings. The highest BCUT2D eigenvalue weighted by atomic mass is 32.2. The summed E-state index contributed by atoms with van der Waals surface area (Å²) >= 11 is 1.13. The van der Waals surface area contributed by atoms with Crippen molar-refractivity contribution in [1.82, 2.24) is 10.1 Å². The van der Waals surface area contributed by atoms with E-state index in [4.69, 9.17) is 9.63 Å². The third-order valence-electron chi connectivity index (χ3n) is 2.59. The largest absolute Gasteiger partial charge is 0.481 e. The van der Waals surface area contributed by atoms with Crippen molar-refractivity contribution in [2.75, 3.05) is 5.75 Å². The molecule has 0 bridgehead atoms. The maximum atomic E-state index is 10.8. The van der Waals surface area contributed by atoms with E-state index < -0.39 is 10.9 Å². The summed E-state index contributed by atoms with van der Waals surface area (Å²) in [6.07, 6.45) is 0. The highest BCUT2D eigenvalue weighted by Crippen LogP contribution is 2.26. The number of aryl methyl sites for hydroxylation is 1. The molecule has 0 spiro atoms. The molecule has 110 valence electrons. The van der Waals surface area contributed by atoms with Gasteiger partial charge in [-0.2, -0.15) is 4.98 Å². The third kappa shape index (κ3) is 3.78. The number of non-ortho nitro benzene ring substituents is 1. The number of rotatable bonds is 6. The molecule has 1 aromatic carbocycles. The first-order valence-electron chi connectivity index (χ1n) is 5.85. The minimum Gasteiger partial charge on any atom is -0.481 e. The highest BCUT2D eigenvalue weighted by Gasteiger charge is 2.15. The van der Waals surface area contributed by atoms with E-state index in [1.54, 1.807) is 13.0 Å². The van der Waals surface area contributed by atoms with Crippen molar-refractivity contribution >= 4 is 23.4 Å². The van der Waals surface area contributed by atoms with Crippen LogP contribution in [0.15, 0.2) is 22.7 Å². The summed E-state index contributed by atoms with van der Waals surface area (Å²) < 4.78 is 5.01. The number of carboxylic acid groups (broad SMARTS) is 1. The van der Waals surface area contributed by atoms with Crippen molar-refractivity contribution in [2.45, 2.75) is 12.7 Å². The van der Waals surface area contributed by atoms with E-state index in [-0.39, 0.29) is 28.9 Å². The van der Waals surface area contributed by atoms with Crippen molar-refractivity contribution < 1.29 is 19.3 Å². The molecule has 0 saturated carbocycles. The molecule has 1 heterocycles. The Morgan fingerprint density at radius 3 is 2.95 bits per heavy atom. The highest BCUT2D eigenvalue weighted by molar-refractivity contribution is 7.99. The maximum Gasteiger partial charge on any atom is 0.313 e. The molecule has 0 atom stereocenters. The Bertz CT molecular complexity index is 685. The smallest absolute Gasteiger partial charge is 0.313 e. The zero-order valence-corrected chi connectivity index (χ0v) is 11.8. The number of hydrogen-bond acceptors (Lipinski definition) is 7. The summed E-state index contributed by atoms with van der Waals surface area (Å²) in [5, 5.41) is 23.1. The van der Waals surface area contributed by atoms with Gasteiger partial charge in [0.2, 0.25) is 11.7 Å². The molecule has 0 aliphatic rings. The SMILES string of the molecule is Cc1ccc([N+](=O)[O-])cc1-c1noc(CSCC(=O)O)n1. The first kappa shape index (κ1) is 15.0. The zero-order valence-electron chi connectivity index (χ0n) is 11.0. The fourth-order valence-corrected chi connectivity index (χ4v) is 2.18. The predicted octanol–water partition coefficient (Wildman–Crippen LogP) is 2.27. The zero-order chi connectivity index (χ0) is 15.4. The molecule has 8 nitrogen and oxygen atoms in total. The van der Waals surface area contributed by atoms with Crippen molar-refractivity contribution in [3.05, 3.63) is 39.8 Å². The third-order valence-corrected chi connectivity index (χ3v) is 3.49. The lowest BCUT2D eigenvalue weighted by Crippen LogP contribution is -1.98. The first-order valence-corrected chi connectivity index (χ1v) is 7.00. The lowest BCUT2D eigenvalue weighted by Gasteiger charge is -2.00. The molecule has 0 radical (unpaired) electrons. The number of aromatic nitrogens is 2. The molecule has 0 aliphatic heterocycles. The van der Waals surface area contributed by atoms with E-state index in [1.165, 1.54) is 12.1 Å². The summed E-state index contributed by atoms with van der Waals surface area (Å²) in [5.74, 6) is -0.181. The number of nitrogens with zero attached hydrogens (tertiary/aromatic N) is 3. The Morgan fingerprint density at radius 2 is 2.29 bits per heavy atom. The van der Waals surface area contributed by atoms with E-state index in [0.717, 1.165) is 17.3 Å². The first-order chi connectivity index (χ1) is 9.97. The number of thioether (sulfide) groups is 1. The number of carboxylic acids is 1. The quantitative estimate of drug-likeness (QED) is 0.637. The Labute approximate surface area is 123 Å². The van der Waals surface area contributed by atoms with Crippen LogP contribution < -0.4 is 0 Å². The molecule has 9 heteroatoms. The van der Waals surface area contributed by atoms with Crippen LogP contribution in [0.4, 0.5) is 5.69 Å². The molecule has 21 heavy (non-hydrogen) atoms. The molecule has 0 aliphatic carbocycles. The van der Waals surface area contributed by atoms with Crippen molar-refractivity contribution in [3.8, 4) is 11.4 Å². The lowest BCUT2D eigenvalue weighted by molar-refractivity contribution is -0.384. The molecule has 1 N–H and O–H groups in total. The molecule has 2 rings (SSSR count). The van der Waals surface area contributed by atoms with Gasteiger partial charge in [-0.3, -0.25) is 14.9 Å². The Balaban J connectivity index is 2.19. The van der Waals surface area contributed by atoms with Crippen LogP contribution >= 0.6 is 11.8 Å². The van der Waals surface area contributed by atoms with Crippen LogP contribution in [0.25, 0.3) is 11.4 Å². The van der Waals surface area contributed by atoms with Crippen LogP contribution in [-0.2, 0) is 10.5 Å². The fourth-order valence-electron chi connectivity index (χ4n) is 1.61. The summed E-state index contributed by atoms with van der Waals surface area (Å²) in [6.45, 7) is 1.79. The van der Waals surface area contributed by atoms with Gasteiger partial charge in [0.05, 0.1) is 16.4 Å². The standard InChI is InChI=1S/C12H11N3O5S/c1-7-2-3-8(15(18)19)4-9(7)12-13-10(20-14-12)5-21-6-11(16)17/h2-4H,5-6H2,1H3,(H,16,17). The van der Waals surface area contributed by atoms with E-state index in [1.807, 2.05) is 0 Å². The van der Waals surface area contributed by atoms with E-state index >= 15 is 0 Å². The van der Waals surface area contributed by atoms with Crippen molar-refractivity contribution in [3.63, 3.8) is 0 Å². The Kier molecular flexibility index (Phi) is 4.53. The molecule has 0 saturated heterocycles. The van der Waals surface area contributed by atoms with E-state index in [0.29, 0.717) is 5.56 Å². The fraction of sp³-hybridized carbons (Fsp3) is 0.250. The second kappa shape index (κ2) is 6.35. The number of nitro benzene ring substituents is 1. The van der Waals surface area contributed by atoms with Gasteiger partial charge in [-0.05, 0) is 12.5 Å². The number of nitro groups is 1. The maximum absolute atomic E-state index is 10.8. The molecule has 0 unspecified atom stereocenters. The van der Waals surface area contributed by atoms with Crippen molar-refractivity contribution in [2.24, 2.45) is 0 Å². The van der Waals surface area contributed by atoms with Crippen LogP contribution in [0.2, 0.25) is 0 Å². The lowest BCUT2D eigenvalue weighted by atomic mass is 10.1. The van der Waals surface area contributed by atoms with Gasteiger partial charge in [-0.1, -0.05) is 11.2 Å². The van der Waals surface area contributed by atoms with Crippen LogP contribution in [0.1, 0.15) is 11.5 Å². The minimum absolute atomic E-state index is 0.0535. The van der Waals surface area contributed by atoms with Gasteiger partial charge in [-0.15, -0.1) is 11.8 Å². The van der Waals surface area contributed by atoms with Gasteiger partial charge < -0.3 is 9.63 Å². The van der Waals surface area contributed by atoms with Gasteiger partial charge in [-0.25, -0.2) is 0 Å². The summed E-state index contributed by atoms with van der Waals surface area (Å²) in [7, 11) is 0. The second-order valence-electron chi connectivity index (χ2n) is 4.15. The second-order valence-corrected chi connectivity index (χ2v) is 5.14. The van der Waals surface area contributed by atoms with Crippen LogP contribution in [0.3, 0.4) is 0 Å².